The number of nitrogens with zero attached hydrogens (tertiary/aromatic N) is 1. The molecule has 1 aliphatic carbocycles. The Hall–Kier alpha value is -1.67. The Morgan fingerprint density at radius 1 is 1.53 bits per heavy atom. The van der Waals surface area contributed by atoms with E-state index in [1.54, 1.807) is 12.1 Å². The zero-order chi connectivity index (χ0) is 10.9. The van der Waals surface area contributed by atoms with Crippen LogP contribution in [0.5, 0.6) is 5.75 Å². The highest BCUT2D eigenvalue weighted by Gasteiger charge is 2.48. The molecule has 0 saturated heterocycles. The lowest BCUT2D eigenvalue weighted by Gasteiger charge is -2.13. The van der Waals surface area contributed by atoms with Crippen LogP contribution in [0, 0.1) is 5.82 Å². The van der Waals surface area contributed by atoms with Gasteiger partial charge in [-0.25, -0.2) is 9.18 Å². The molecule has 0 atom stereocenters. The third kappa shape index (κ3) is 1.53. The topological polar surface area (TPSA) is 38.7 Å². The average Bonchev–Trinajstić information content (AvgIpc) is 2.98. The normalized spacial score (nSPS) is 16.7. The molecule has 1 aromatic carbocycles. The maximum Gasteiger partial charge on any atom is 0.235 e. The summed E-state index contributed by atoms with van der Waals surface area (Å²) in [5.41, 5.74) is -0.353. The van der Waals surface area contributed by atoms with Gasteiger partial charge in [-0.1, -0.05) is 6.07 Å². The summed E-state index contributed by atoms with van der Waals surface area (Å²) in [4.78, 5) is 14.0. The van der Waals surface area contributed by atoms with E-state index in [9.17, 15) is 9.18 Å². The van der Waals surface area contributed by atoms with E-state index in [4.69, 9.17) is 4.74 Å². The summed E-state index contributed by atoms with van der Waals surface area (Å²) < 4.78 is 18.7. The van der Waals surface area contributed by atoms with Crippen molar-refractivity contribution in [3.05, 3.63) is 29.6 Å². The number of methoxy groups -OCH3 is 1. The molecule has 1 saturated carbocycles. The van der Waals surface area contributed by atoms with Crippen LogP contribution in [0.2, 0.25) is 0 Å². The van der Waals surface area contributed by atoms with E-state index in [0.29, 0.717) is 24.2 Å². The number of aliphatic imine (C=N–C) groups is 1. The molecule has 0 radical (unpaired) electrons. The minimum atomic E-state index is -0.724. The molecular formula is C11H10FNO2. The van der Waals surface area contributed by atoms with Gasteiger partial charge in [-0.2, -0.15) is 4.99 Å². The van der Waals surface area contributed by atoms with E-state index in [1.807, 2.05) is 0 Å². The smallest absolute Gasteiger partial charge is 0.235 e. The lowest BCUT2D eigenvalue weighted by molar-refractivity contribution is 0.397. The first-order valence-electron chi connectivity index (χ1n) is 4.65. The number of ether oxygens (including phenoxy) is 1. The Labute approximate surface area is 86.6 Å². The third-order valence-corrected chi connectivity index (χ3v) is 2.64. The highest BCUT2D eigenvalue weighted by atomic mass is 19.1. The van der Waals surface area contributed by atoms with Gasteiger partial charge in [0.2, 0.25) is 6.08 Å². The summed E-state index contributed by atoms with van der Waals surface area (Å²) in [6.07, 6.45) is 2.83. The fourth-order valence-corrected chi connectivity index (χ4v) is 1.75. The van der Waals surface area contributed by atoms with Gasteiger partial charge >= 0.3 is 0 Å². The monoisotopic (exact) mass is 207 g/mol. The molecule has 15 heavy (non-hydrogen) atoms. The number of carbonyl (C=O) groups excluding carboxylic acids is 1. The van der Waals surface area contributed by atoms with Crippen LogP contribution >= 0.6 is 0 Å². The molecule has 2 rings (SSSR count). The SMILES string of the molecule is COc1cccc(F)c1C1(N=C=O)CC1. The van der Waals surface area contributed by atoms with Gasteiger partial charge in [0, 0.05) is 0 Å². The second-order valence-electron chi connectivity index (χ2n) is 3.55. The van der Waals surface area contributed by atoms with Gasteiger partial charge in [0.15, 0.2) is 0 Å². The van der Waals surface area contributed by atoms with Crippen LogP contribution in [0.25, 0.3) is 0 Å². The number of hydrogen-bond donors (Lipinski definition) is 0. The maximum absolute atomic E-state index is 13.6. The first-order valence-corrected chi connectivity index (χ1v) is 4.65. The summed E-state index contributed by atoms with van der Waals surface area (Å²) in [5.74, 6) is 0.0531. The second-order valence-corrected chi connectivity index (χ2v) is 3.55. The number of isocyanates is 1. The van der Waals surface area contributed by atoms with Crippen molar-refractivity contribution in [2.75, 3.05) is 7.11 Å². The minimum absolute atomic E-state index is 0.371. The van der Waals surface area contributed by atoms with Crippen molar-refractivity contribution in [3.63, 3.8) is 0 Å². The molecule has 4 heteroatoms. The molecule has 0 aromatic heterocycles. The highest BCUT2D eigenvalue weighted by molar-refractivity contribution is 5.47. The van der Waals surface area contributed by atoms with Gasteiger partial charge in [0.05, 0.1) is 12.7 Å². The van der Waals surface area contributed by atoms with Crippen LogP contribution in [-0.2, 0) is 10.3 Å². The fraction of sp³-hybridized carbons (Fsp3) is 0.364. The maximum atomic E-state index is 13.6. The van der Waals surface area contributed by atoms with Crippen LogP contribution in [-0.4, -0.2) is 13.2 Å². The number of halogens is 1. The van der Waals surface area contributed by atoms with E-state index in [0.717, 1.165) is 0 Å². The van der Waals surface area contributed by atoms with E-state index in [2.05, 4.69) is 4.99 Å². The first-order chi connectivity index (χ1) is 7.23. The van der Waals surface area contributed by atoms with Gasteiger partial charge in [0.25, 0.3) is 0 Å². The number of hydrogen-bond acceptors (Lipinski definition) is 3. The van der Waals surface area contributed by atoms with Gasteiger partial charge < -0.3 is 4.74 Å². The summed E-state index contributed by atoms with van der Waals surface area (Å²) in [6.45, 7) is 0. The molecule has 1 fully saturated rings. The zero-order valence-electron chi connectivity index (χ0n) is 8.29. The van der Waals surface area contributed by atoms with Crippen molar-refractivity contribution in [2.24, 2.45) is 4.99 Å². The van der Waals surface area contributed by atoms with Crippen LogP contribution in [0.4, 0.5) is 4.39 Å². The van der Waals surface area contributed by atoms with Gasteiger partial charge in [0.1, 0.15) is 17.1 Å². The van der Waals surface area contributed by atoms with E-state index >= 15 is 0 Å². The summed E-state index contributed by atoms with van der Waals surface area (Å²) >= 11 is 0. The molecule has 3 nitrogen and oxygen atoms in total. The molecular weight excluding hydrogens is 197 g/mol. The van der Waals surface area contributed by atoms with Gasteiger partial charge in [-0.3, -0.25) is 0 Å². The molecule has 0 N–H and O–H groups in total. The Morgan fingerprint density at radius 3 is 2.80 bits per heavy atom. The summed E-state index contributed by atoms with van der Waals surface area (Å²) in [6, 6.07) is 4.58. The molecule has 1 aliphatic rings. The lowest BCUT2D eigenvalue weighted by Crippen LogP contribution is -2.08. The van der Waals surface area contributed by atoms with Crippen LogP contribution < -0.4 is 4.74 Å². The largest absolute Gasteiger partial charge is 0.496 e. The van der Waals surface area contributed by atoms with E-state index in [-0.39, 0.29) is 5.82 Å². The molecule has 0 unspecified atom stereocenters. The Kier molecular flexibility index (Phi) is 2.29. The van der Waals surface area contributed by atoms with Crippen LogP contribution in [0.1, 0.15) is 18.4 Å². The number of benzene rings is 1. The van der Waals surface area contributed by atoms with Crippen LogP contribution in [0.15, 0.2) is 23.2 Å². The molecule has 0 amide bonds. The molecule has 0 heterocycles. The summed E-state index contributed by atoms with van der Waals surface area (Å²) in [5, 5.41) is 0. The van der Waals surface area contributed by atoms with Gasteiger partial charge in [-0.05, 0) is 25.0 Å². The van der Waals surface area contributed by atoms with Crippen molar-refractivity contribution < 1.29 is 13.9 Å². The van der Waals surface area contributed by atoms with Crippen molar-refractivity contribution in [3.8, 4) is 5.75 Å². The Morgan fingerprint density at radius 2 is 2.27 bits per heavy atom. The predicted octanol–water partition coefficient (Wildman–Crippen LogP) is 2.16. The van der Waals surface area contributed by atoms with E-state index < -0.39 is 5.54 Å². The van der Waals surface area contributed by atoms with E-state index in [1.165, 1.54) is 19.3 Å². The standard InChI is InChI=1S/C11H10FNO2/c1-15-9-4-2-3-8(12)10(9)11(5-6-11)13-7-14/h2-4H,5-6H2,1H3. The fourth-order valence-electron chi connectivity index (χ4n) is 1.75. The van der Waals surface area contributed by atoms with Crippen molar-refractivity contribution in [1.29, 1.82) is 0 Å². The minimum Gasteiger partial charge on any atom is -0.496 e. The molecule has 78 valence electrons. The van der Waals surface area contributed by atoms with Crippen molar-refractivity contribution in [2.45, 2.75) is 18.4 Å². The van der Waals surface area contributed by atoms with Crippen LogP contribution in [0.3, 0.4) is 0 Å². The van der Waals surface area contributed by atoms with Crippen molar-refractivity contribution >= 4 is 6.08 Å². The van der Waals surface area contributed by atoms with Gasteiger partial charge in [-0.15, -0.1) is 0 Å². The van der Waals surface area contributed by atoms with Crippen molar-refractivity contribution in [1.82, 2.24) is 0 Å². The Balaban J connectivity index is 2.56. The molecule has 0 aliphatic heterocycles. The first kappa shape index (κ1) is 9.87. The number of rotatable bonds is 3. The third-order valence-electron chi connectivity index (χ3n) is 2.64. The molecule has 1 aromatic rings. The zero-order valence-corrected chi connectivity index (χ0v) is 8.29. The molecule has 0 spiro atoms. The average molecular weight is 207 g/mol. The highest BCUT2D eigenvalue weighted by Crippen LogP contribution is 2.53. The Bertz CT molecular complexity index is 434. The predicted molar refractivity (Wildman–Crippen MR) is 52.0 cm³/mol. The lowest BCUT2D eigenvalue weighted by atomic mass is 10.0. The molecule has 0 bridgehead atoms. The summed E-state index contributed by atoms with van der Waals surface area (Å²) in [7, 11) is 1.47. The quantitative estimate of drug-likeness (QED) is 0.562. The second kappa shape index (κ2) is 3.48.